The van der Waals surface area contributed by atoms with Crippen LogP contribution in [0.1, 0.15) is 95.1 Å². The fourth-order valence-electron chi connectivity index (χ4n) is 9.46. The topological polar surface area (TPSA) is 246 Å². The van der Waals surface area contributed by atoms with Crippen molar-refractivity contribution in [2.24, 2.45) is 10.5 Å². The lowest BCUT2D eigenvalue weighted by molar-refractivity contribution is -0.138. The van der Waals surface area contributed by atoms with Crippen LogP contribution in [0.15, 0.2) is 71.4 Å². The minimum Gasteiger partial charge on any atom is -0.391 e. The fraction of sp³-hybridized carbons (Fsp3) is 0.500. The molecule has 0 aliphatic carbocycles. The molecule has 2 aromatic carbocycles. The minimum atomic E-state index is -4.80. The van der Waals surface area contributed by atoms with E-state index in [-0.39, 0.29) is 35.9 Å². The van der Waals surface area contributed by atoms with E-state index in [0.717, 1.165) is 58.0 Å². The molecule has 2 aliphatic heterocycles. The minimum absolute atomic E-state index is 0.0187. The van der Waals surface area contributed by atoms with Gasteiger partial charge in [0.25, 0.3) is 5.91 Å². The molecule has 24 heteroatoms. The predicted molar refractivity (Wildman–Crippen MR) is 278 cm³/mol. The zero-order chi connectivity index (χ0) is 54.0. The van der Waals surface area contributed by atoms with Crippen molar-refractivity contribution in [3.05, 3.63) is 99.1 Å². The van der Waals surface area contributed by atoms with E-state index in [4.69, 9.17) is 21.7 Å². The van der Waals surface area contributed by atoms with Crippen LogP contribution in [0, 0.1) is 23.7 Å². The molecule has 2 amide bonds. The van der Waals surface area contributed by atoms with Gasteiger partial charge in [-0.15, -0.1) is 11.3 Å². The Morgan fingerprint density at radius 3 is 2.42 bits per heavy atom. The summed E-state index contributed by atoms with van der Waals surface area (Å²) in [5, 5.41) is 31.1. The molecule has 6 rings (SSSR count). The van der Waals surface area contributed by atoms with E-state index in [9.17, 15) is 43.5 Å². The number of unbranched alkanes of at least 4 members (excludes halogenated alkanes) is 2. The standard InChI is InChI=1S/C50H62F3N13O6S2/c1-31(33-12-14-34(15-13-33)43-32(2)58-30-74-43)60-44(69)39-25-41(68)49(62-63-55,64(39)7)47(3,4)40(28-67)61-59-29-72-23-11-22-71-21-10-8-9-20-56-42-19-18-37(27-57-42)66-46(73)65(45(70)48(66,5)6)36-17-16-35(26-54)38(24-36)50(51,52)53/h12-19,24,27-28,30-31,39-41,59,61,68H,8-11,20-23,25,29H2,1-7H3,(H,56,57)(H,60,69)/t31-,39-,40?,41+,49?/m0/s1. The van der Waals surface area contributed by atoms with E-state index in [0.29, 0.717) is 50.6 Å². The number of azide groups is 1. The lowest BCUT2D eigenvalue weighted by Crippen LogP contribution is -2.67. The number of hydrogen-bond donors (Lipinski definition) is 5. The first-order valence-electron chi connectivity index (χ1n) is 24.0. The quantitative estimate of drug-likeness (QED) is 0.00618. The summed E-state index contributed by atoms with van der Waals surface area (Å²) >= 11 is 7.17. The Labute approximate surface area is 437 Å². The molecule has 0 saturated carbocycles. The van der Waals surface area contributed by atoms with Crippen LogP contribution in [0.4, 0.5) is 30.4 Å². The second-order valence-corrected chi connectivity index (χ2v) is 20.4. The number of nitrogens with one attached hydrogen (secondary N) is 4. The van der Waals surface area contributed by atoms with Crippen LogP contribution in [0.3, 0.4) is 0 Å². The molecule has 0 spiro atoms. The molecule has 4 aromatic rings. The second kappa shape index (κ2) is 24.5. The van der Waals surface area contributed by atoms with Crippen LogP contribution >= 0.6 is 23.6 Å². The molecule has 2 aliphatic rings. The van der Waals surface area contributed by atoms with Crippen LogP contribution in [0.5, 0.6) is 0 Å². The van der Waals surface area contributed by atoms with Crippen LogP contribution in [-0.4, -0.2) is 113 Å². The van der Waals surface area contributed by atoms with Crippen LogP contribution < -0.4 is 31.3 Å². The van der Waals surface area contributed by atoms with E-state index in [1.807, 2.05) is 38.1 Å². The number of thiocarbonyl (C=S) groups is 1. The van der Waals surface area contributed by atoms with Gasteiger partial charge < -0.3 is 34.9 Å². The molecule has 74 heavy (non-hydrogen) atoms. The highest BCUT2D eigenvalue weighted by Crippen LogP contribution is 2.49. The molecule has 2 aromatic heterocycles. The molecular weight excluding hydrogens is 1000 g/mol. The number of aliphatic hydroxyl groups is 1. The Balaban J connectivity index is 0.862. The van der Waals surface area contributed by atoms with Gasteiger partial charge in [0.1, 0.15) is 30.0 Å². The van der Waals surface area contributed by atoms with Gasteiger partial charge in [-0.1, -0.05) is 43.2 Å². The Hall–Kier alpha value is -6.13. The number of alkyl halides is 3. The average Bonchev–Trinajstić information content (AvgIpc) is 3.97. The number of hydrazine groups is 1. The van der Waals surface area contributed by atoms with Crippen molar-refractivity contribution in [3.63, 3.8) is 0 Å². The van der Waals surface area contributed by atoms with Gasteiger partial charge in [0.15, 0.2) is 5.11 Å². The van der Waals surface area contributed by atoms with Gasteiger partial charge in [-0.2, -0.15) is 18.4 Å². The molecule has 2 unspecified atom stereocenters. The maximum atomic E-state index is 13.8. The number of aliphatic hydroxyl groups excluding tert-OH is 1. The van der Waals surface area contributed by atoms with Crippen molar-refractivity contribution < 1.29 is 42.1 Å². The van der Waals surface area contributed by atoms with Crippen LogP contribution in [0.2, 0.25) is 0 Å². The van der Waals surface area contributed by atoms with Crippen molar-refractivity contribution in [2.45, 2.75) is 115 Å². The predicted octanol–water partition coefficient (Wildman–Crippen LogP) is 7.92. The summed E-state index contributed by atoms with van der Waals surface area (Å²) < 4.78 is 52.6. The number of likely N-dealkylation sites (tertiary alicyclic amines) is 1. The number of benzene rings is 2. The summed E-state index contributed by atoms with van der Waals surface area (Å²) in [7, 11) is 1.61. The Kier molecular flexibility index (Phi) is 18.9. The van der Waals surface area contributed by atoms with Gasteiger partial charge in [0.2, 0.25) is 5.91 Å². The number of halogens is 3. The first-order valence-corrected chi connectivity index (χ1v) is 25.3. The third-order valence-electron chi connectivity index (χ3n) is 13.7. The maximum absolute atomic E-state index is 13.8. The Bertz CT molecular complexity index is 2710. The van der Waals surface area contributed by atoms with E-state index in [1.165, 1.54) is 12.3 Å². The van der Waals surface area contributed by atoms with Crippen molar-refractivity contribution in [1.29, 1.82) is 5.26 Å². The molecule has 19 nitrogen and oxygen atoms in total. The van der Waals surface area contributed by atoms with E-state index in [2.05, 4.69) is 41.5 Å². The highest BCUT2D eigenvalue weighted by Gasteiger charge is 2.63. The smallest absolute Gasteiger partial charge is 0.391 e. The molecule has 396 valence electrons. The lowest BCUT2D eigenvalue weighted by atomic mass is 9.71. The molecule has 2 saturated heterocycles. The third-order valence-corrected chi connectivity index (χ3v) is 15.0. The number of aromatic nitrogens is 2. The van der Waals surface area contributed by atoms with Crippen LogP contribution in [-0.2, 0) is 30.0 Å². The van der Waals surface area contributed by atoms with Gasteiger partial charge in [-0.3, -0.25) is 19.4 Å². The SMILES string of the molecule is Cc1ncsc1-c1ccc([C@H](C)NC(=O)[C@@H]2C[C@@H](O)C(N=[N+]=[N-])(C(C)(C)C(C=O)NNCOCCCOCCCCCNc3ccc(N4C(=S)N(c5ccc(C#N)c(C(F)(F)F)c5)C(=O)C4(C)C)cn3)N2C)cc1. The molecule has 4 heterocycles. The van der Waals surface area contributed by atoms with Gasteiger partial charge in [0, 0.05) is 30.1 Å². The Morgan fingerprint density at radius 1 is 1.08 bits per heavy atom. The molecule has 0 radical (unpaired) electrons. The average molecular weight is 1060 g/mol. The number of aldehydes is 1. The molecule has 2 fully saturated rings. The Morgan fingerprint density at radius 2 is 1.78 bits per heavy atom. The highest BCUT2D eigenvalue weighted by atomic mass is 32.1. The van der Waals surface area contributed by atoms with Gasteiger partial charge in [0.05, 0.1) is 81.7 Å². The zero-order valence-electron chi connectivity index (χ0n) is 42.3. The number of nitrogens with zero attached hydrogens (tertiary/aromatic N) is 9. The zero-order valence-corrected chi connectivity index (χ0v) is 43.9. The van der Waals surface area contributed by atoms with Crippen molar-refractivity contribution in [1.82, 2.24) is 31.0 Å². The number of pyridine rings is 1. The number of nitriles is 1. The largest absolute Gasteiger partial charge is 0.417 e. The highest BCUT2D eigenvalue weighted by molar-refractivity contribution is 7.81. The number of hydrogen-bond acceptors (Lipinski definition) is 16. The lowest BCUT2D eigenvalue weighted by Gasteiger charge is -2.50. The summed E-state index contributed by atoms with van der Waals surface area (Å²) in [6, 6.07) is 13.7. The number of amides is 2. The fourth-order valence-corrected chi connectivity index (χ4v) is 10.8. The molecule has 5 N–H and O–H groups in total. The number of thiazole rings is 1. The van der Waals surface area contributed by atoms with Crippen molar-refractivity contribution >= 4 is 64.0 Å². The summed E-state index contributed by atoms with van der Waals surface area (Å²) in [6.07, 6.45) is -0.764. The number of anilines is 3. The van der Waals surface area contributed by atoms with Crippen LogP contribution in [0.25, 0.3) is 20.9 Å². The number of carbonyl (C=O) groups is 3. The van der Waals surface area contributed by atoms with E-state index < -0.39 is 58.0 Å². The number of ether oxygens (including phenoxy) is 2. The van der Waals surface area contributed by atoms with Gasteiger partial charge >= 0.3 is 6.18 Å². The summed E-state index contributed by atoms with van der Waals surface area (Å²) in [6.45, 7) is 12.5. The first kappa shape index (κ1) is 57.2. The van der Waals surface area contributed by atoms with Crippen molar-refractivity contribution in [2.75, 3.05) is 55.3 Å². The first-order chi connectivity index (χ1) is 35.1. The molecular formula is C50H62F3N13O6S2. The molecule has 5 atom stereocenters. The van der Waals surface area contributed by atoms with Crippen molar-refractivity contribution in [3.8, 4) is 16.5 Å². The molecule has 0 bridgehead atoms. The van der Waals surface area contributed by atoms with Gasteiger partial charge in [-0.05, 0) is 126 Å². The van der Waals surface area contributed by atoms with E-state index >= 15 is 0 Å². The summed E-state index contributed by atoms with van der Waals surface area (Å²) in [5.74, 6) is -0.300. The number of likely N-dealkylation sites (N-methyl/N-ethyl adjacent to an activating group) is 1. The maximum Gasteiger partial charge on any atom is 0.417 e. The monoisotopic (exact) mass is 1060 g/mol. The third kappa shape index (κ3) is 12.2. The summed E-state index contributed by atoms with van der Waals surface area (Å²) in [5.41, 5.74) is 14.8. The number of rotatable bonds is 25. The number of carbonyl (C=O) groups excluding carboxylic acids is 3. The normalized spacial score (nSPS) is 19.8. The number of aryl methyl sites for hydroxylation is 1. The van der Waals surface area contributed by atoms with Gasteiger partial charge in [-0.25, -0.2) is 20.8 Å². The summed E-state index contributed by atoms with van der Waals surface area (Å²) in [4.78, 5) is 56.9. The second-order valence-electron chi connectivity index (χ2n) is 19.1. The van der Waals surface area contributed by atoms with E-state index in [1.54, 1.807) is 79.6 Å².